The van der Waals surface area contributed by atoms with Gasteiger partial charge in [-0.2, -0.15) is 0 Å². The molecule has 1 aliphatic carbocycles. The second-order valence-corrected chi connectivity index (χ2v) is 7.72. The summed E-state index contributed by atoms with van der Waals surface area (Å²) in [6.45, 7) is 3.99. The number of carbonyl (C=O) groups excluding carboxylic acids is 3. The fourth-order valence-corrected chi connectivity index (χ4v) is 3.93. The smallest absolute Gasteiger partial charge is 0.323 e. The maximum absolute atomic E-state index is 12.9. The quantitative estimate of drug-likeness (QED) is 0.735. The number of benzene rings is 1. The lowest BCUT2D eigenvalue weighted by Crippen LogP contribution is -2.46. The first-order chi connectivity index (χ1) is 13.4. The second kappa shape index (κ2) is 8.59. The lowest BCUT2D eigenvalue weighted by Gasteiger charge is -2.28. The fourth-order valence-electron chi connectivity index (χ4n) is 3.93. The van der Waals surface area contributed by atoms with Crippen molar-refractivity contribution in [1.82, 2.24) is 15.1 Å². The van der Waals surface area contributed by atoms with Gasteiger partial charge in [-0.05, 0) is 57.9 Å². The van der Waals surface area contributed by atoms with Crippen molar-refractivity contribution in [2.45, 2.75) is 57.9 Å². The van der Waals surface area contributed by atoms with Crippen molar-refractivity contribution in [3.05, 3.63) is 47.7 Å². The average molecular weight is 383 g/mol. The molecule has 6 heteroatoms. The summed E-state index contributed by atoms with van der Waals surface area (Å²) in [5.41, 5.74) is 1.15. The predicted octanol–water partition coefficient (Wildman–Crippen LogP) is 3.24. The van der Waals surface area contributed by atoms with Crippen LogP contribution in [0.2, 0.25) is 0 Å². The normalized spacial score (nSPS) is 22.1. The summed E-state index contributed by atoms with van der Waals surface area (Å²) in [4.78, 5) is 41.0. The molecule has 0 unspecified atom stereocenters. The number of carbonyl (C=O) groups is 3. The number of likely N-dealkylation sites (N-methyl/N-ethyl adjacent to an activating group) is 1. The van der Waals surface area contributed by atoms with Gasteiger partial charge in [-0.3, -0.25) is 14.5 Å². The molecule has 1 aliphatic heterocycles. The summed E-state index contributed by atoms with van der Waals surface area (Å²) in [5.74, 6) is -0.526. The third-order valence-corrected chi connectivity index (χ3v) is 5.63. The van der Waals surface area contributed by atoms with Crippen LogP contribution in [0.1, 0.15) is 51.5 Å². The summed E-state index contributed by atoms with van der Waals surface area (Å²) >= 11 is 0. The van der Waals surface area contributed by atoms with Crippen LogP contribution in [0.15, 0.2) is 42.1 Å². The van der Waals surface area contributed by atoms with Gasteiger partial charge in [0, 0.05) is 12.2 Å². The van der Waals surface area contributed by atoms with Crippen LogP contribution in [-0.4, -0.2) is 46.3 Å². The Balaban J connectivity index is 1.65. The summed E-state index contributed by atoms with van der Waals surface area (Å²) < 4.78 is 0. The van der Waals surface area contributed by atoms with Crippen LogP contribution in [0.25, 0.3) is 0 Å². The third kappa shape index (κ3) is 4.26. The number of imide groups is 1. The van der Waals surface area contributed by atoms with Gasteiger partial charge in [-0.1, -0.05) is 36.4 Å². The molecule has 1 heterocycles. The standard InChI is InChI=1S/C22H29N3O3/c1-3-24(18-12-8-5-9-13-18)19(26)16-25-20(27)22(2,23-21(25)28)15-14-17-10-6-4-7-11-17/h4,6-7,10-12H,3,5,8-9,13-16H2,1-2H3,(H,23,28)/t22-/m1/s1. The van der Waals surface area contributed by atoms with Crippen molar-refractivity contribution in [2.75, 3.05) is 13.1 Å². The Morgan fingerprint density at radius 3 is 2.61 bits per heavy atom. The van der Waals surface area contributed by atoms with Gasteiger partial charge in [0.15, 0.2) is 0 Å². The molecule has 150 valence electrons. The molecule has 1 N–H and O–H groups in total. The summed E-state index contributed by atoms with van der Waals surface area (Å²) in [6, 6.07) is 9.38. The molecule has 0 radical (unpaired) electrons. The van der Waals surface area contributed by atoms with Gasteiger partial charge in [0.2, 0.25) is 5.91 Å². The van der Waals surface area contributed by atoms with Gasteiger partial charge >= 0.3 is 6.03 Å². The monoisotopic (exact) mass is 383 g/mol. The molecular formula is C22H29N3O3. The molecule has 1 fully saturated rings. The van der Waals surface area contributed by atoms with Crippen molar-refractivity contribution in [2.24, 2.45) is 0 Å². The van der Waals surface area contributed by atoms with E-state index in [4.69, 9.17) is 0 Å². The number of rotatable bonds is 7. The minimum absolute atomic E-state index is 0.202. The number of hydrogen-bond donors (Lipinski definition) is 1. The zero-order chi connectivity index (χ0) is 20.1. The molecule has 1 saturated heterocycles. The molecule has 1 aromatic rings. The highest BCUT2D eigenvalue weighted by Crippen LogP contribution is 2.25. The Morgan fingerprint density at radius 1 is 1.21 bits per heavy atom. The molecule has 6 nitrogen and oxygen atoms in total. The minimum atomic E-state index is -0.978. The summed E-state index contributed by atoms with van der Waals surface area (Å²) in [7, 11) is 0. The van der Waals surface area contributed by atoms with E-state index in [0.29, 0.717) is 19.4 Å². The molecule has 4 amide bonds. The zero-order valence-electron chi connectivity index (χ0n) is 16.7. The third-order valence-electron chi connectivity index (χ3n) is 5.63. The van der Waals surface area contributed by atoms with E-state index in [2.05, 4.69) is 11.4 Å². The highest BCUT2D eigenvalue weighted by Gasteiger charge is 2.48. The first-order valence-corrected chi connectivity index (χ1v) is 10.1. The lowest BCUT2D eigenvalue weighted by molar-refractivity contribution is -0.137. The van der Waals surface area contributed by atoms with Gasteiger partial charge in [-0.15, -0.1) is 0 Å². The topological polar surface area (TPSA) is 69.7 Å². The van der Waals surface area contributed by atoms with Crippen molar-refractivity contribution < 1.29 is 14.4 Å². The average Bonchev–Trinajstić information content (AvgIpc) is 2.92. The zero-order valence-corrected chi connectivity index (χ0v) is 16.7. The van der Waals surface area contributed by atoms with Crippen molar-refractivity contribution in [3.8, 4) is 0 Å². The van der Waals surface area contributed by atoms with Crippen molar-refractivity contribution in [1.29, 1.82) is 0 Å². The first-order valence-electron chi connectivity index (χ1n) is 10.1. The van der Waals surface area contributed by atoms with Crippen molar-refractivity contribution in [3.63, 3.8) is 0 Å². The van der Waals surface area contributed by atoms with E-state index in [1.807, 2.05) is 37.3 Å². The Hall–Kier alpha value is -2.63. The lowest BCUT2D eigenvalue weighted by atomic mass is 9.93. The largest absolute Gasteiger partial charge is 0.325 e. The van der Waals surface area contributed by atoms with E-state index in [-0.39, 0.29) is 18.4 Å². The maximum atomic E-state index is 12.9. The Bertz CT molecular complexity index is 774. The highest BCUT2D eigenvalue weighted by molar-refractivity contribution is 6.08. The van der Waals surface area contributed by atoms with Gasteiger partial charge in [0.25, 0.3) is 5.91 Å². The number of amides is 4. The molecule has 1 atom stereocenters. The minimum Gasteiger partial charge on any atom is -0.323 e. The van der Waals surface area contributed by atoms with Crippen LogP contribution < -0.4 is 5.32 Å². The van der Waals surface area contributed by atoms with Crippen LogP contribution in [0.5, 0.6) is 0 Å². The van der Waals surface area contributed by atoms with Crippen LogP contribution in [-0.2, 0) is 16.0 Å². The van der Waals surface area contributed by atoms with Crippen LogP contribution in [0.4, 0.5) is 4.79 Å². The molecule has 1 aromatic carbocycles. The number of allylic oxidation sites excluding steroid dienone is 2. The summed E-state index contributed by atoms with van der Waals surface area (Å²) in [5, 5.41) is 2.79. The van der Waals surface area contributed by atoms with E-state index < -0.39 is 11.6 Å². The fraction of sp³-hybridized carbons (Fsp3) is 0.500. The Morgan fingerprint density at radius 2 is 1.96 bits per heavy atom. The number of aryl methyl sites for hydroxylation is 1. The number of urea groups is 1. The molecule has 0 spiro atoms. The molecule has 2 aliphatic rings. The molecular weight excluding hydrogens is 354 g/mol. The first kappa shape index (κ1) is 20.1. The second-order valence-electron chi connectivity index (χ2n) is 7.72. The van der Waals surface area contributed by atoms with Gasteiger partial charge in [0.05, 0.1) is 0 Å². The van der Waals surface area contributed by atoms with E-state index in [1.165, 1.54) is 0 Å². The molecule has 3 rings (SSSR count). The Kier molecular flexibility index (Phi) is 6.17. The van der Waals surface area contributed by atoms with E-state index in [1.54, 1.807) is 11.8 Å². The van der Waals surface area contributed by atoms with Crippen molar-refractivity contribution >= 4 is 17.8 Å². The van der Waals surface area contributed by atoms with Gasteiger partial charge in [-0.25, -0.2) is 4.79 Å². The Labute approximate surface area is 166 Å². The van der Waals surface area contributed by atoms with E-state index in [0.717, 1.165) is 41.8 Å². The number of nitrogens with zero attached hydrogens (tertiary/aromatic N) is 2. The van der Waals surface area contributed by atoms with Crippen LogP contribution in [0.3, 0.4) is 0 Å². The molecule has 28 heavy (non-hydrogen) atoms. The molecule has 0 saturated carbocycles. The van der Waals surface area contributed by atoms with E-state index >= 15 is 0 Å². The number of hydrogen-bond acceptors (Lipinski definition) is 3. The highest BCUT2D eigenvalue weighted by atomic mass is 16.2. The molecule has 0 aromatic heterocycles. The number of nitrogens with one attached hydrogen (secondary N) is 1. The van der Waals surface area contributed by atoms with Gasteiger partial charge < -0.3 is 10.2 Å². The molecule has 0 bridgehead atoms. The van der Waals surface area contributed by atoms with Gasteiger partial charge in [0.1, 0.15) is 12.1 Å². The SMILES string of the molecule is CCN(C(=O)CN1C(=O)N[C@](C)(CCc2ccccc2)C1=O)C1=CCCCC1. The van der Waals surface area contributed by atoms with Crippen LogP contribution >= 0.6 is 0 Å². The predicted molar refractivity (Wildman–Crippen MR) is 107 cm³/mol. The van der Waals surface area contributed by atoms with E-state index in [9.17, 15) is 14.4 Å². The maximum Gasteiger partial charge on any atom is 0.325 e. The summed E-state index contributed by atoms with van der Waals surface area (Å²) in [6.07, 6.45) is 7.32. The van der Waals surface area contributed by atoms with Crippen LogP contribution in [0, 0.1) is 0 Å².